The Kier molecular flexibility index (Phi) is 4.42. The summed E-state index contributed by atoms with van der Waals surface area (Å²) in [6.45, 7) is 5.16. The van der Waals surface area contributed by atoms with E-state index in [0.717, 1.165) is 22.2 Å². The van der Waals surface area contributed by atoms with Gasteiger partial charge in [-0.25, -0.2) is 4.98 Å². The third kappa shape index (κ3) is 3.59. The lowest BCUT2D eigenvalue weighted by molar-refractivity contribution is -0.130. The zero-order chi connectivity index (χ0) is 16.2. The van der Waals surface area contributed by atoms with E-state index < -0.39 is 0 Å². The summed E-state index contributed by atoms with van der Waals surface area (Å²) >= 11 is 0. The standard InChI is InChI=1S/C19H20N2O2/c1-3-21(13-15-7-5-4-6-8-15)19(22)12-16-9-10-17-18(11-16)23-14(2)20-17/h4-11H,3,12-13H2,1-2H3. The first kappa shape index (κ1) is 15.3. The van der Waals surface area contributed by atoms with Crippen molar-refractivity contribution in [2.45, 2.75) is 26.8 Å². The number of aromatic nitrogens is 1. The largest absolute Gasteiger partial charge is 0.441 e. The van der Waals surface area contributed by atoms with Gasteiger partial charge in [0.15, 0.2) is 11.5 Å². The van der Waals surface area contributed by atoms with Crippen LogP contribution in [0.4, 0.5) is 0 Å². The van der Waals surface area contributed by atoms with E-state index in [0.29, 0.717) is 25.4 Å². The number of carbonyl (C=O) groups is 1. The van der Waals surface area contributed by atoms with Crippen LogP contribution in [-0.2, 0) is 17.8 Å². The molecule has 1 amide bonds. The van der Waals surface area contributed by atoms with Gasteiger partial charge in [0, 0.05) is 20.0 Å². The van der Waals surface area contributed by atoms with Crippen molar-refractivity contribution in [3.8, 4) is 0 Å². The molecule has 0 saturated heterocycles. The molecule has 23 heavy (non-hydrogen) atoms. The smallest absolute Gasteiger partial charge is 0.227 e. The number of hydrogen-bond acceptors (Lipinski definition) is 3. The van der Waals surface area contributed by atoms with Crippen LogP contribution in [0.1, 0.15) is 23.9 Å². The van der Waals surface area contributed by atoms with Crippen LogP contribution in [0.5, 0.6) is 0 Å². The van der Waals surface area contributed by atoms with Crippen LogP contribution in [0.2, 0.25) is 0 Å². The average molecular weight is 308 g/mol. The first-order valence-corrected chi connectivity index (χ1v) is 7.83. The van der Waals surface area contributed by atoms with E-state index in [-0.39, 0.29) is 5.91 Å². The number of rotatable bonds is 5. The Balaban J connectivity index is 1.72. The molecule has 1 heterocycles. The summed E-state index contributed by atoms with van der Waals surface area (Å²) in [5, 5.41) is 0. The summed E-state index contributed by atoms with van der Waals surface area (Å²) in [4.78, 5) is 18.7. The van der Waals surface area contributed by atoms with Crippen molar-refractivity contribution in [3.63, 3.8) is 0 Å². The monoisotopic (exact) mass is 308 g/mol. The number of likely N-dealkylation sites (N-methyl/N-ethyl adjacent to an activating group) is 1. The van der Waals surface area contributed by atoms with E-state index in [1.165, 1.54) is 0 Å². The number of carbonyl (C=O) groups excluding carboxylic acids is 1. The zero-order valence-electron chi connectivity index (χ0n) is 13.5. The molecule has 118 valence electrons. The number of oxazole rings is 1. The number of benzene rings is 2. The molecule has 0 fully saturated rings. The predicted octanol–water partition coefficient (Wildman–Crippen LogP) is 3.73. The fourth-order valence-corrected chi connectivity index (χ4v) is 2.66. The molecule has 0 unspecified atom stereocenters. The van der Waals surface area contributed by atoms with Crippen LogP contribution in [0.3, 0.4) is 0 Å². The molecule has 3 rings (SSSR count). The van der Waals surface area contributed by atoms with E-state index >= 15 is 0 Å². The molecule has 0 atom stereocenters. The Morgan fingerprint density at radius 1 is 1.13 bits per heavy atom. The van der Waals surface area contributed by atoms with Crippen molar-refractivity contribution in [1.29, 1.82) is 0 Å². The maximum absolute atomic E-state index is 12.6. The first-order valence-electron chi connectivity index (χ1n) is 7.83. The minimum atomic E-state index is 0.118. The van der Waals surface area contributed by atoms with Crippen LogP contribution in [0, 0.1) is 6.92 Å². The molecule has 0 aliphatic heterocycles. The van der Waals surface area contributed by atoms with Gasteiger partial charge in [-0.15, -0.1) is 0 Å². The maximum Gasteiger partial charge on any atom is 0.227 e. The number of fused-ring (bicyclic) bond motifs is 1. The predicted molar refractivity (Wildman–Crippen MR) is 90.0 cm³/mol. The van der Waals surface area contributed by atoms with Crippen LogP contribution in [-0.4, -0.2) is 22.3 Å². The third-order valence-corrected chi connectivity index (χ3v) is 3.87. The minimum absolute atomic E-state index is 0.118. The van der Waals surface area contributed by atoms with Gasteiger partial charge in [0.25, 0.3) is 0 Å². The van der Waals surface area contributed by atoms with Crippen molar-refractivity contribution in [2.75, 3.05) is 6.54 Å². The Morgan fingerprint density at radius 2 is 1.91 bits per heavy atom. The summed E-state index contributed by atoms with van der Waals surface area (Å²) in [5.74, 6) is 0.759. The first-order chi connectivity index (χ1) is 11.2. The second-order valence-electron chi connectivity index (χ2n) is 5.61. The number of nitrogens with zero attached hydrogens (tertiary/aromatic N) is 2. The van der Waals surface area contributed by atoms with Gasteiger partial charge in [-0.05, 0) is 30.2 Å². The number of aryl methyl sites for hydroxylation is 1. The van der Waals surface area contributed by atoms with E-state index in [4.69, 9.17) is 4.42 Å². The molecule has 0 aliphatic carbocycles. The summed E-state index contributed by atoms with van der Waals surface area (Å²) in [6.07, 6.45) is 0.371. The fraction of sp³-hybridized carbons (Fsp3) is 0.263. The molecule has 0 bridgehead atoms. The lowest BCUT2D eigenvalue weighted by Crippen LogP contribution is -2.31. The van der Waals surface area contributed by atoms with E-state index in [2.05, 4.69) is 4.98 Å². The molecule has 2 aromatic carbocycles. The summed E-state index contributed by atoms with van der Waals surface area (Å²) in [6, 6.07) is 15.8. The molecule has 1 aromatic heterocycles. The van der Waals surface area contributed by atoms with Crippen molar-refractivity contribution >= 4 is 17.0 Å². The molecule has 4 nitrogen and oxygen atoms in total. The quantitative estimate of drug-likeness (QED) is 0.721. The van der Waals surface area contributed by atoms with Crippen molar-refractivity contribution in [2.24, 2.45) is 0 Å². The van der Waals surface area contributed by atoms with Crippen LogP contribution >= 0.6 is 0 Å². The summed E-state index contributed by atoms with van der Waals surface area (Å²) < 4.78 is 5.54. The highest BCUT2D eigenvalue weighted by atomic mass is 16.3. The highest BCUT2D eigenvalue weighted by Crippen LogP contribution is 2.18. The topological polar surface area (TPSA) is 46.3 Å². The van der Waals surface area contributed by atoms with Gasteiger partial charge in [-0.3, -0.25) is 4.79 Å². The SMILES string of the molecule is CCN(Cc1ccccc1)C(=O)Cc1ccc2nc(C)oc2c1. The van der Waals surface area contributed by atoms with Crippen molar-refractivity contribution < 1.29 is 9.21 Å². The molecule has 4 heteroatoms. The fourth-order valence-electron chi connectivity index (χ4n) is 2.66. The highest BCUT2D eigenvalue weighted by Gasteiger charge is 2.14. The van der Waals surface area contributed by atoms with Gasteiger partial charge in [-0.2, -0.15) is 0 Å². The average Bonchev–Trinajstić information content (AvgIpc) is 2.92. The third-order valence-electron chi connectivity index (χ3n) is 3.87. The summed E-state index contributed by atoms with van der Waals surface area (Å²) in [5.41, 5.74) is 3.66. The number of hydrogen-bond donors (Lipinski definition) is 0. The van der Waals surface area contributed by atoms with Crippen LogP contribution < -0.4 is 0 Å². The van der Waals surface area contributed by atoms with Gasteiger partial charge in [0.05, 0.1) is 6.42 Å². The van der Waals surface area contributed by atoms with Crippen LogP contribution in [0.15, 0.2) is 52.9 Å². The molecular formula is C19H20N2O2. The van der Waals surface area contributed by atoms with Crippen LogP contribution in [0.25, 0.3) is 11.1 Å². The Bertz CT molecular complexity index is 809. The molecular weight excluding hydrogens is 288 g/mol. The summed E-state index contributed by atoms with van der Waals surface area (Å²) in [7, 11) is 0. The highest BCUT2D eigenvalue weighted by molar-refractivity contribution is 5.81. The van der Waals surface area contributed by atoms with E-state index in [1.807, 2.05) is 67.3 Å². The second kappa shape index (κ2) is 6.65. The van der Waals surface area contributed by atoms with Gasteiger partial charge in [-0.1, -0.05) is 36.4 Å². The van der Waals surface area contributed by atoms with E-state index in [1.54, 1.807) is 0 Å². The maximum atomic E-state index is 12.6. The van der Waals surface area contributed by atoms with Gasteiger partial charge >= 0.3 is 0 Å². The van der Waals surface area contributed by atoms with Crippen molar-refractivity contribution in [1.82, 2.24) is 9.88 Å². The lowest BCUT2D eigenvalue weighted by Gasteiger charge is -2.21. The van der Waals surface area contributed by atoms with Crippen molar-refractivity contribution in [3.05, 3.63) is 65.5 Å². The molecule has 3 aromatic rings. The number of amides is 1. The second-order valence-corrected chi connectivity index (χ2v) is 5.61. The molecule has 0 aliphatic rings. The Hall–Kier alpha value is -2.62. The molecule has 0 saturated carbocycles. The van der Waals surface area contributed by atoms with Gasteiger partial charge < -0.3 is 9.32 Å². The Labute approximate surface area is 135 Å². The normalized spacial score (nSPS) is 10.9. The molecule has 0 N–H and O–H groups in total. The molecule has 0 radical (unpaired) electrons. The van der Waals surface area contributed by atoms with Gasteiger partial charge in [0.2, 0.25) is 5.91 Å². The van der Waals surface area contributed by atoms with Gasteiger partial charge in [0.1, 0.15) is 5.52 Å². The zero-order valence-corrected chi connectivity index (χ0v) is 13.5. The lowest BCUT2D eigenvalue weighted by atomic mass is 10.1. The van der Waals surface area contributed by atoms with E-state index in [9.17, 15) is 4.79 Å². The minimum Gasteiger partial charge on any atom is -0.441 e. The molecule has 0 spiro atoms. The Morgan fingerprint density at radius 3 is 2.65 bits per heavy atom.